The molecule has 7 nitrogen and oxygen atoms in total. The Morgan fingerprint density at radius 3 is 2.40 bits per heavy atom. The fourth-order valence-corrected chi connectivity index (χ4v) is 9.93. The van der Waals surface area contributed by atoms with Gasteiger partial charge in [-0.3, -0.25) is 14.3 Å². The number of alkyl halides is 5. The van der Waals surface area contributed by atoms with Crippen molar-refractivity contribution in [2.75, 3.05) is 23.7 Å². The number of piperazine rings is 1. The van der Waals surface area contributed by atoms with Crippen molar-refractivity contribution < 1.29 is 26.7 Å². The summed E-state index contributed by atoms with van der Waals surface area (Å²) in [6.07, 6.45) is 0.485. The highest BCUT2D eigenvalue weighted by atomic mass is 32.2. The summed E-state index contributed by atoms with van der Waals surface area (Å²) in [7, 11) is -1.53. The van der Waals surface area contributed by atoms with Crippen molar-refractivity contribution in [2.24, 2.45) is 0 Å². The molecule has 0 radical (unpaired) electrons. The molecule has 1 amide bonds. The number of anilines is 1. The highest BCUT2D eigenvalue weighted by Crippen LogP contribution is 2.56. The maximum Gasteiger partial charge on any atom is 0.416 e. The molecule has 6 rings (SSSR count). The largest absolute Gasteiger partial charge is 0.416 e. The smallest absolute Gasteiger partial charge is 0.352 e. The average molecular weight is 648 g/mol. The molecule has 2 aliphatic heterocycles. The number of halogens is 5. The number of pyridine rings is 1. The normalized spacial score (nSPS) is 25.9. The SMILES string of the molecule is C=CC(=O)N1[C@H](C)CN(c2nc(=O)n3c4c(cc(C(F)(F)F)cc24)[SH](C2=CCC(F)(F)CC2)C[C@@H](c2ccncc2)C3)C[C@@H]1C. The van der Waals surface area contributed by atoms with Gasteiger partial charge in [0.1, 0.15) is 5.82 Å². The number of nitrogens with zero attached hydrogens (tertiary/aromatic N) is 5. The topological polar surface area (TPSA) is 71.3 Å². The first-order chi connectivity index (χ1) is 21.3. The van der Waals surface area contributed by atoms with E-state index >= 15 is 0 Å². The fraction of sp³-hybridized carbons (Fsp3) is 0.438. The molecule has 0 spiro atoms. The molecule has 0 saturated carbocycles. The number of hydrogen-bond acceptors (Lipinski definition) is 5. The molecule has 45 heavy (non-hydrogen) atoms. The maximum atomic E-state index is 14.6. The van der Waals surface area contributed by atoms with Gasteiger partial charge in [0.25, 0.3) is 5.92 Å². The molecule has 2 aromatic heterocycles. The Labute approximate surface area is 259 Å². The number of aromatic nitrogens is 3. The Kier molecular flexibility index (Phi) is 8.03. The number of benzene rings is 1. The Hall–Kier alpha value is -3.74. The molecule has 4 heterocycles. The van der Waals surface area contributed by atoms with Crippen LogP contribution in [0.5, 0.6) is 0 Å². The number of carbonyl (C=O) groups excluding carboxylic acids is 1. The lowest BCUT2D eigenvalue weighted by Crippen LogP contribution is -2.58. The van der Waals surface area contributed by atoms with Crippen molar-refractivity contribution in [3.05, 3.63) is 81.9 Å². The summed E-state index contributed by atoms with van der Waals surface area (Å²) in [6.45, 7) is 7.90. The van der Waals surface area contributed by atoms with Gasteiger partial charge in [-0.15, -0.1) is 0 Å². The third kappa shape index (κ3) is 5.86. The number of allylic oxidation sites excluding steroid dienone is 2. The number of amides is 1. The standard InChI is InChI=1S/C32H34F5N5O2S/c1-4-27(43)42-19(2)15-40(16-20(42)3)29-25-13-23(32(35,36)37)14-26-28(25)41(30(44)39-29)17-22(21-7-11-38-12-8-21)18-45(26)24-5-9-31(33,34)10-6-24/h4-5,7-8,11-14,19-20,22,45H,1,6,9-10,15-18H2,2-3H3/t19-,20+,22-/m0/s1. The van der Waals surface area contributed by atoms with Gasteiger partial charge < -0.3 is 9.80 Å². The number of carbonyl (C=O) groups is 1. The number of hydrogen-bond donors (Lipinski definition) is 1. The lowest BCUT2D eigenvalue weighted by atomic mass is 10.0. The first kappa shape index (κ1) is 31.3. The highest BCUT2D eigenvalue weighted by molar-refractivity contribution is 8.20. The molecule has 1 aliphatic carbocycles. The average Bonchev–Trinajstić information content (AvgIpc) is 3.16. The third-order valence-corrected chi connectivity index (χ3v) is 11.8. The van der Waals surface area contributed by atoms with Crippen molar-refractivity contribution >= 4 is 33.5 Å². The minimum atomic E-state index is -4.70. The van der Waals surface area contributed by atoms with Crippen LogP contribution in [-0.4, -0.2) is 62.2 Å². The first-order valence-corrected chi connectivity index (χ1v) is 16.4. The summed E-state index contributed by atoms with van der Waals surface area (Å²) < 4.78 is 73.6. The number of thiol groups is 1. The van der Waals surface area contributed by atoms with E-state index in [1.807, 2.05) is 26.0 Å². The molecule has 1 aromatic carbocycles. The summed E-state index contributed by atoms with van der Waals surface area (Å²) in [4.78, 5) is 39.4. The van der Waals surface area contributed by atoms with E-state index in [-0.39, 0.29) is 67.6 Å². The van der Waals surface area contributed by atoms with Crippen molar-refractivity contribution in [1.29, 1.82) is 0 Å². The summed E-state index contributed by atoms with van der Waals surface area (Å²) in [5.41, 5.74) is -0.249. The second kappa shape index (κ2) is 11.6. The Bertz CT molecular complexity index is 1730. The monoisotopic (exact) mass is 647 g/mol. The van der Waals surface area contributed by atoms with Crippen LogP contribution >= 0.6 is 10.9 Å². The van der Waals surface area contributed by atoms with Gasteiger partial charge in [0.05, 0.1) is 11.1 Å². The van der Waals surface area contributed by atoms with E-state index in [2.05, 4.69) is 16.5 Å². The highest BCUT2D eigenvalue weighted by Gasteiger charge is 2.39. The summed E-state index contributed by atoms with van der Waals surface area (Å²) in [6, 6.07) is 5.13. The molecular weight excluding hydrogens is 613 g/mol. The maximum absolute atomic E-state index is 14.6. The molecule has 3 aromatic rings. The lowest BCUT2D eigenvalue weighted by molar-refractivity contribution is -0.137. The summed E-state index contributed by atoms with van der Waals surface area (Å²) in [5.74, 6) is -2.89. The van der Waals surface area contributed by atoms with E-state index < -0.39 is 40.7 Å². The second-order valence-corrected chi connectivity index (χ2v) is 14.4. The van der Waals surface area contributed by atoms with Crippen molar-refractivity contribution in [3.8, 4) is 0 Å². The van der Waals surface area contributed by atoms with Crippen LogP contribution in [0.15, 0.2) is 70.0 Å². The van der Waals surface area contributed by atoms with Gasteiger partial charge in [-0.25, -0.2) is 24.5 Å². The molecular formula is C32H34F5N5O2S. The molecule has 240 valence electrons. The van der Waals surface area contributed by atoms with Crippen molar-refractivity contribution in [2.45, 2.75) is 74.7 Å². The van der Waals surface area contributed by atoms with Gasteiger partial charge in [0.15, 0.2) is 0 Å². The molecule has 3 aliphatic rings. The van der Waals surface area contributed by atoms with E-state index in [4.69, 9.17) is 0 Å². The molecule has 0 N–H and O–H groups in total. The van der Waals surface area contributed by atoms with Gasteiger partial charge in [0.2, 0.25) is 5.91 Å². The van der Waals surface area contributed by atoms with Crippen LogP contribution in [0, 0.1) is 0 Å². The van der Waals surface area contributed by atoms with E-state index in [1.165, 1.54) is 16.7 Å². The van der Waals surface area contributed by atoms with Crippen LogP contribution in [-0.2, 0) is 17.5 Å². The van der Waals surface area contributed by atoms with Gasteiger partial charge >= 0.3 is 11.9 Å². The van der Waals surface area contributed by atoms with E-state index in [9.17, 15) is 31.5 Å². The predicted octanol–water partition coefficient (Wildman–Crippen LogP) is 6.28. The Balaban J connectivity index is 1.59. The van der Waals surface area contributed by atoms with Crippen LogP contribution in [0.25, 0.3) is 10.9 Å². The van der Waals surface area contributed by atoms with Gasteiger partial charge in [-0.05, 0) is 66.8 Å². The van der Waals surface area contributed by atoms with Gasteiger partial charge in [-0.2, -0.15) is 18.2 Å². The molecule has 1 unspecified atom stereocenters. The van der Waals surface area contributed by atoms with E-state index in [0.29, 0.717) is 21.1 Å². The quantitative estimate of drug-likeness (QED) is 0.205. The Morgan fingerprint density at radius 1 is 1.11 bits per heavy atom. The minimum Gasteiger partial charge on any atom is -0.352 e. The van der Waals surface area contributed by atoms with Gasteiger partial charge in [-0.1, -0.05) is 12.7 Å². The van der Waals surface area contributed by atoms with Crippen LogP contribution in [0.3, 0.4) is 0 Å². The zero-order chi connectivity index (χ0) is 32.3. The van der Waals surface area contributed by atoms with Crippen LogP contribution in [0.2, 0.25) is 0 Å². The molecule has 1 saturated heterocycles. The lowest BCUT2D eigenvalue weighted by Gasteiger charge is -2.44. The second-order valence-electron chi connectivity index (χ2n) is 12.1. The van der Waals surface area contributed by atoms with E-state index in [0.717, 1.165) is 17.7 Å². The van der Waals surface area contributed by atoms with Gasteiger partial charge in [0, 0.05) is 73.2 Å². The van der Waals surface area contributed by atoms with Crippen LogP contribution in [0.1, 0.15) is 50.2 Å². The third-order valence-electron chi connectivity index (χ3n) is 9.01. The van der Waals surface area contributed by atoms with E-state index in [1.54, 1.807) is 22.2 Å². The summed E-state index contributed by atoms with van der Waals surface area (Å²) >= 11 is 0. The molecule has 13 heteroatoms. The molecule has 0 bridgehead atoms. The van der Waals surface area contributed by atoms with Crippen LogP contribution < -0.4 is 10.6 Å². The Morgan fingerprint density at radius 2 is 1.80 bits per heavy atom. The minimum absolute atomic E-state index is 0.0655. The zero-order valence-electron chi connectivity index (χ0n) is 24.9. The number of rotatable bonds is 4. The fourth-order valence-electron chi connectivity index (χ4n) is 6.94. The van der Waals surface area contributed by atoms with Crippen molar-refractivity contribution in [3.63, 3.8) is 0 Å². The summed E-state index contributed by atoms with van der Waals surface area (Å²) in [5, 5.41) is 0.187. The predicted molar refractivity (Wildman–Crippen MR) is 165 cm³/mol. The zero-order valence-corrected chi connectivity index (χ0v) is 25.8. The van der Waals surface area contributed by atoms with Crippen LogP contribution in [0.4, 0.5) is 27.8 Å². The molecule has 1 fully saturated rings. The molecule has 4 atom stereocenters. The first-order valence-electron chi connectivity index (χ1n) is 14.9. The van der Waals surface area contributed by atoms with Crippen molar-refractivity contribution in [1.82, 2.24) is 19.4 Å².